The van der Waals surface area contributed by atoms with Crippen molar-refractivity contribution in [1.82, 2.24) is 9.97 Å². The number of hydrogen-bond donors (Lipinski definition) is 2. The van der Waals surface area contributed by atoms with E-state index in [4.69, 9.17) is 0 Å². The molecule has 3 rings (SSSR count). The number of nitrogens with one attached hydrogen (secondary N) is 2. The molecule has 126 valence electrons. The zero-order valence-electron chi connectivity index (χ0n) is 13.3. The Morgan fingerprint density at radius 3 is 2.56 bits per heavy atom. The Morgan fingerprint density at radius 1 is 1.00 bits per heavy atom. The van der Waals surface area contributed by atoms with E-state index in [0.29, 0.717) is 11.9 Å². The number of rotatable bonds is 4. The fourth-order valence-corrected chi connectivity index (χ4v) is 2.18. The van der Waals surface area contributed by atoms with Gasteiger partial charge in [0.25, 0.3) is 5.91 Å². The summed E-state index contributed by atoms with van der Waals surface area (Å²) in [5, 5.41) is 5.45. The fraction of sp³-hybridized carbons (Fsp3) is 0.0556. The predicted molar refractivity (Wildman–Crippen MR) is 90.8 cm³/mol. The summed E-state index contributed by atoms with van der Waals surface area (Å²) >= 11 is 0. The van der Waals surface area contributed by atoms with Crippen LogP contribution < -0.4 is 10.6 Å². The number of hydrogen-bond acceptors (Lipinski definition) is 4. The van der Waals surface area contributed by atoms with Crippen molar-refractivity contribution >= 4 is 23.1 Å². The molecule has 2 N–H and O–H groups in total. The van der Waals surface area contributed by atoms with E-state index in [1.54, 1.807) is 0 Å². The summed E-state index contributed by atoms with van der Waals surface area (Å²) in [4.78, 5) is 20.2. The van der Waals surface area contributed by atoms with Gasteiger partial charge in [-0.1, -0.05) is 18.2 Å². The zero-order chi connectivity index (χ0) is 17.8. The van der Waals surface area contributed by atoms with Gasteiger partial charge < -0.3 is 10.6 Å². The molecular weight excluding hydrogens is 326 g/mol. The van der Waals surface area contributed by atoms with Crippen LogP contribution in [0.25, 0.3) is 0 Å². The number of carbonyl (C=O) groups is 1. The lowest BCUT2D eigenvalue weighted by Gasteiger charge is -2.10. The third-order valence-electron chi connectivity index (χ3n) is 3.49. The zero-order valence-corrected chi connectivity index (χ0v) is 13.3. The quantitative estimate of drug-likeness (QED) is 0.752. The molecule has 1 heterocycles. The van der Waals surface area contributed by atoms with Gasteiger partial charge in [-0.15, -0.1) is 0 Å². The number of halogens is 2. The van der Waals surface area contributed by atoms with Crippen LogP contribution in [0.3, 0.4) is 0 Å². The minimum atomic E-state index is -0.860. The van der Waals surface area contributed by atoms with Gasteiger partial charge >= 0.3 is 0 Å². The number of para-hydroxylation sites is 1. The molecule has 7 heteroatoms. The number of carbonyl (C=O) groups excluding carboxylic acids is 1. The first kappa shape index (κ1) is 16.5. The normalized spacial score (nSPS) is 10.4. The Bertz CT molecular complexity index is 930. The number of benzene rings is 2. The largest absolute Gasteiger partial charge is 0.340 e. The molecule has 0 unspecified atom stereocenters. The number of anilines is 3. The van der Waals surface area contributed by atoms with Crippen LogP contribution in [-0.4, -0.2) is 15.9 Å². The van der Waals surface area contributed by atoms with Gasteiger partial charge in [0.1, 0.15) is 29.5 Å². The van der Waals surface area contributed by atoms with Crippen LogP contribution in [0.4, 0.5) is 26.0 Å². The average molecular weight is 340 g/mol. The number of aryl methyl sites for hydroxylation is 1. The topological polar surface area (TPSA) is 66.9 Å². The highest BCUT2D eigenvalue weighted by Crippen LogP contribution is 2.19. The van der Waals surface area contributed by atoms with E-state index in [0.717, 1.165) is 23.4 Å². The van der Waals surface area contributed by atoms with E-state index in [9.17, 15) is 13.6 Å². The molecule has 1 aromatic heterocycles. The lowest BCUT2D eigenvalue weighted by Crippen LogP contribution is -2.15. The molecule has 0 bridgehead atoms. The first-order chi connectivity index (χ1) is 12.0. The first-order valence-corrected chi connectivity index (χ1v) is 7.44. The van der Waals surface area contributed by atoms with Crippen molar-refractivity contribution in [2.24, 2.45) is 0 Å². The standard InChI is InChI=1S/C18H14F2N4O/c1-11-4-2-3-5-14(11)23-17-9-16(21-10-22-17)18(25)24-15-7-6-12(19)8-13(15)20/h2-10H,1H3,(H,24,25)(H,21,22,23). The monoisotopic (exact) mass is 340 g/mol. The van der Waals surface area contributed by atoms with Gasteiger partial charge in [-0.3, -0.25) is 4.79 Å². The van der Waals surface area contributed by atoms with Crippen molar-refractivity contribution in [1.29, 1.82) is 0 Å². The van der Waals surface area contributed by atoms with E-state index in [-0.39, 0.29) is 11.4 Å². The Kier molecular flexibility index (Phi) is 4.65. The molecule has 0 atom stereocenters. The Morgan fingerprint density at radius 2 is 1.80 bits per heavy atom. The van der Waals surface area contributed by atoms with Gasteiger partial charge in [0.05, 0.1) is 5.69 Å². The molecule has 0 saturated heterocycles. The van der Waals surface area contributed by atoms with Gasteiger partial charge in [0, 0.05) is 17.8 Å². The van der Waals surface area contributed by atoms with Crippen molar-refractivity contribution < 1.29 is 13.6 Å². The average Bonchev–Trinajstić information content (AvgIpc) is 2.60. The Hall–Kier alpha value is -3.35. The maximum Gasteiger partial charge on any atom is 0.274 e. The van der Waals surface area contributed by atoms with Gasteiger partial charge in [0.2, 0.25) is 0 Å². The second-order valence-electron chi connectivity index (χ2n) is 5.31. The van der Waals surface area contributed by atoms with Crippen molar-refractivity contribution in [2.45, 2.75) is 6.92 Å². The molecule has 1 amide bonds. The Balaban J connectivity index is 1.79. The van der Waals surface area contributed by atoms with E-state index in [1.165, 1.54) is 12.4 Å². The highest BCUT2D eigenvalue weighted by molar-refractivity contribution is 6.03. The van der Waals surface area contributed by atoms with Crippen molar-refractivity contribution in [3.63, 3.8) is 0 Å². The van der Waals surface area contributed by atoms with E-state index in [1.807, 2.05) is 31.2 Å². The minimum Gasteiger partial charge on any atom is -0.340 e. The molecular formula is C18H14F2N4O. The van der Waals surface area contributed by atoms with Gasteiger partial charge in [-0.2, -0.15) is 0 Å². The SMILES string of the molecule is Cc1ccccc1Nc1cc(C(=O)Nc2ccc(F)cc2F)ncn1. The van der Waals surface area contributed by atoms with Crippen LogP contribution in [0.1, 0.15) is 16.1 Å². The van der Waals surface area contributed by atoms with Gasteiger partial charge in [0.15, 0.2) is 0 Å². The number of amides is 1. The van der Waals surface area contributed by atoms with Crippen molar-refractivity contribution in [2.75, 3.05) is 10.6 Å². The summed E-state index contributed by atoms with van der Waals surface area (Å²) < 4.78 is 26.6. The fourth-order valence-electron chi connectivity index (χ4n) is 2.18. The second-order valence-corrected chi connectivity index (χ2v) is 5.31. The molecule has 0 spiro atoms. The van der Waals surface area contributed by atoms with E-state index in [2.05, 4.69) is 20.6 Å². The molecule has 2 aromatic carbocycles. The summed E-state index contributed by atoms with van der Waals surface area (Å²) in [6.07, 6.45) is 1.23. The number of aromatic nitrogens is 2. The summed E-state index contributed by atoms with van der Waals surface area (Å²) in [5.41, 5.74) is 1.78. The second kappa shape index (κ2) is 7.04. The molecule has 0 fully saturated rings. The minimum absolute atomic E-state index is 0.0507. The highest BCUT2D eigenvalue weighted by atomic mass is 19.1. The first-order valence-electron chi connectivity index (χ1n) is 7.44. The van der Waals surface area contributed by atoms with Gasteiger partial charge in [-0.25, -0.2) is 18.7 Å². The van der Waals surface area contributed by atoms with Crippen molar-refractivity contribution in [3.05, 3.63) is 77.8 Å². The molecule has 3 aromatic rings. The smallest absolute Gasteiger partial charge is 0.274 e. The Labute approximate surface area is 142 Å². The highest BCUT2D eigenvalue weighted by Gasteiger charge is 2.12. The van der Waals surface area contributed by atoms with Gasteiger partial charge in [-0.05, 0) is 30.7 Å². The van der Waals surface area contributed by atoms with Crippen LogP contribution in [-0.2, 0) is 0 Å². The third kappa shape index (κ3) is 3.95. The molecule has 0 saturated carbocycles. The van der Waals surface area contributed by atoms with Crippen LogP contribution >= 0.6 is 0 Å². The summed E-state index contributed by atoms with van der Waals surface area (Å²) in [6.45, 7) is 1.94. The third-order valence-corrected chi connectivity index (χ3v) is 3.49. The van der Waals surface area contributed by atoms with Crippen LogP contribution in [0.5, 0.6) is 0 Å². The summed E-state index contributed by atoms with van der Waals surface area (Å²) in [7, 11) is 0. The molecule has 0 aliphatic rings. The maximum atomic E-state index is 13.6. The van der Waals surface area contributed by atoms with Crippen LogP contribution in [0.15, 0.2) is 54.9 Å². The van der Waals surface area contributed by atoms with Crippen LogP contribution in [0, 0.1) is 18.6 Å². The van der Waals surface area contributed by atoms with E-state index >= 15 is 0 Å². The lowest BCUT2D eigenvalue weighted by molar-refractivity contribution is 0.102. The van der Waals surface area contributed by atoms with E-state index < -0.39 is 17.5 Å². The number of nitrogens with zero attached hydrogens (tertiary/aromatic N) is 2. The summed E-state index contributed by atoms with van der Waals surface area (Å²) in [6, 6.07) is 12.0. The molecule has 0 radical (unpaired) electrons. The van der Waals surface area contributed by atoms with Crippen molar-refractivity contribution in [3.8, 4) is 0 Å². The van der Waals surface area contributed by atoms with Crippen LogP contribution in [0.2, 0.25) is 0 Å². The molecule has 5 nitrogen and oxygen atoms in total. The molecule has 25 heavy (non-hydrogen) atoms. The lowest BCUT2D eigenvalue weighted by atomic mass is 10.2. The summed E-state index contributed by atoms with van der Waals surface area (Å²) in [5.74, 6) is -1.78. The molecule has 0 aliphatic heterocycles. The molecule has 0 aliphatic carbocycles. The maximum absolute atomic E-state index is 13.6. The predicted octanol–water partition coefficient (Wildman–Crippen LogP) is 4.06.